The Bertz CT molecular complexity index is 517. The van der Waals surface area contributed by atoms with E-state index in [1.54, 1.807) is 0 Å². The number of aryl methyl sites for hydroxylation is 1. The zero-order valence-corrected chi connectivity index (χ0v) is 12.0. The number of thiocarbonyl (C=S) groups is 1. The van der Waals surface area contributed by atoms with Crippen LogP contribution in [-0.2, 0) is 0 Å². The summed E-state index contributed by atoms with van der Waals surface area (Å²) in [5.41, 5.74) is 9.13. The van der Waals surface area contributed by atoms with Crippen molar-refractivity contribution >= 4 is 22.9 Å². The molecule has 0 aromatic heterocycles. The van der Waals surface area contributed by atoms with E-state index >= 15 is 0 Å². The fraction of sp³-hybridized carbons (Fsp3) is 0.533. The summed E-state index contributed by atoms with van der Waals surface area (Å²) in [6, 6.07) is 6.21. The van der Waals surface area contributed by atoms with Gasteiger partial charge in [0.25, 0.3) is 0 Å². The van der Waals surface area contributed by atoms with Crippen molar-refractivity contribution in [1.29, 1.82) is 0 Å². The van der Waals surface area contributed by atoms with Gasteiger partial charge in [-0.3, -0.25) is 0 Å². The highest BCUT2D eigenvalue weighted by atomic mass is 32.1. The van der Waals surface area contributed by atoms with E-state index in [-0.39, 0.29) is 6.10 Å². The van der Waals surface area contributed by atoms with Crippen LogP contribution in [0.25, 0.3) is 0 Å². The molecule has 3 unspecified atom stereocenters. The Labute approximate surface area is 119 Å². The molecule has 0 amide bonds. The van der Waals surface area contributed by atoms with E-state index in [2.05, 4.69) is 17.9 Å². The van der Waals surface area contributed by atoms with E-state index < -0.39 is 0 Å². The molecule has 3 atom stereocenters. The van der Waals surface area contributed by atoms with Crippen LogP contribution in [0.15, 0.2) is 18.2 Å². The molecule has 2 fully saturated rings. The summed E-state index contributed by atoms with van der Waals surface area (Å²) in [6.45, 7) is 4.02. The fourth-order valence-corrected chi connectivity index (χ4v) is 3.72. The predicted molar refractivity (Wildman–Crippen MR) is 81.5 cm³/mol. The van der Waals surface area contributed by atoms with Gasteiger partial charge in [-0.25, -0.2) is 0 Å². The maximum absolute atomic E-state index is 10.0. The van der Waals surface area contributed by atoms with Crippen LogP contribution in [0, 0.1) is 18.8 Å². The summed E-state index contributed by atoms with van der Waals surface area (Å²) >= 11 is 5.15. The molecular weight excluding hydrogens is 256 g/mol. The van der Waals surface area contributed by atoms with Gasteiger partial charge in [-0.15, -0.1) is 0 Å². The molecule has 2 aliphatic rings. The summed E-state index contributed by atoms with van der Waals surface area (Å²) < 4.78 is 0. The molecule has 4 heteroatoms. The third-order valence-electron chi connectivity index (χ3n) is 4.58. The first-order valence-corrected chi connectivity index (χ1v) is 7.30. The van der Waals surface area contributed by atoms with Crippen molar-refractivity contribution < 1.29 is 5.11 Å². The first-order chi connectivity index (χ1) is 9.06. The second-order valence-electron chi connectivity index (χ2n) is 5.86. The minimum absolute atomic E-state index is 0.131. The number of nitrogens with two attached hydrogens (primary N) is 1. The number of nitrogens with zero attached hydrogens (tertiary/aromatic N) is 1. The van der Waals surface area contributed by atoms with Crippen LogP contribution in [0.5, 0.6) is 0 Å². The van der Waals surface area contributed by atoms with Gasteiger partial charge in [-0.05, 0) is 43.4 Å². The van der Waals surface area contributed by atoms with Crippen LogP contribution >= 0.6 is 12.2 Å². The van der Waals surface area contributed by atoms with Gasteiger partial charge >= 0.3 is 0 Å². The molecule has 1 heterocycles. The quantitative estimate of drug-likeness (QED) is 0.809. The summed E-state index contributed by atoms with van der Waals surface area (Å²) in [4.78, 5) is 2.80. The van der Waals surface area contributed by atoms with Crippen LogP contribution in [0.3, 0.4) is 0 Å². The van der Waals surface area contributed by atoms with E-state index in [0.29, 0.717) is 16.8 Å². The molecule has 1 aromatic carbocycles. The molecule has 0 bridgehead atoms. The molecular formula is C15H20N2OS. The standard InChI is InChI=1S/C15H20N2OS/c1-9-2-4-11(15(16)19)13(6-9)17-7-10-3-5-14(18)12(10)8-17/h2,4,6,10,12,14,18H,3,5,7-8H2,1H3,(H2,16,19). The number of aliphatic hydroxyl groups excluding tert-OH is 1. The van der Waals surface area contributed by atoms with Gasteiger partial charge in [0, 0.05) is 30.3 Å². The molecule has 1 aliphatic carbocycles. The first-order valence-electron chi connectivity index (χ1n) is 6.89. The maximum Gasteiger partial charge on any atom is 0.106 e. The van der Waals surface area contributed by atoms with Crippen LogP contribution in [-0.4, -0.2) is 29.3 Å². The third-order valence-corrected chi connectivity index (χ3v) is 4.80. The Kier molecular flexibility index (Phi) is 3.23. The molecule has 3 nitrogen and oxygen atoms in total. The molecule has 1 aliphatic heterocycles. The summed E-state index contributed by atoms with van der Waals surface area (Å²) in [7, 11) is 0. The van der Waals surface area contributed by atoms with Crippen molar-refractivity contribution in [1.82, 2.24) is 0 Å². The molecule has 0 spiro atoms. The van der Waals surface area contributed by atoms with Gasteiger partial charge < -0.3 is 15.7 Å². The SMILES string of the molecule is Cc1ccc(C(N)=S)c(N2CC3CCC(O)C3C2)c1. The van der Waals surface area contributed by atoms with Gasteiger partial charge in [0.2, 0.25) is 0 Å². The zero-order chi connectivity index (χ0) is 13.6. The lowest BCUT2D eigenvalue weighted by molar-refractivity contribution is 0.133. The number of hydrogen-bond donors (Lipinski definition) is 2. The lowest BCUT2D eigenvalue weighted by atomic mass is 10.00. The maximum atomic E-state index is 10.0. The smallest absolute Gasteiger partial charge is 0.106 e. The number of rotatable bonds is 2. The molecule has 3 rings (SSSR count). The highest BCUT2D eigenvalue weighted by molar-refractivity contribution is 7.80. The van der Waals surface area contributed by atoms with Crippen molar-refractivity contribution in [2.45, 2.75) is 25.9 Å². The van der Waals surface area contributed by atoms with E-state index in [9.17, 15) is 5.11 Å². The fourth-order valence-electron chi connectivity index (χ4n) is 3.55. The lowest BCUT2D eigenvalue weighted by Crippen LogP contribution is -2.27. The average Bonchev–Trinajstić information content (AvgIpc) is 2.91. The molecule has 3 N–H and O–H groups in total. The first kappa shape index (κ1) is 12.9. The van der Waals surface area contributed by atoms with Crippen molar-refractivity contribution in [3.8, 4) is 0 Å². The van der Waals surface area contributed by atoms with Gasteiger partial charge in [0.05, 0.1) is 6.10 Å². The van der Waals surface area contributed by atoms with E-state index in [1.165, 1.54) is 5.56 Å². The van der Waals surface area contributed by atoms with Crippen LogP contribution < -0.4 is 10.6 Å². The number of benzene rings is 1. The summed E-state index contributed by atoms with van der Waals surface area (Å²) in [6.07, 6.45) is 1.96. The van der Waals surface area contributed by atoms with Gasteiger partial charge in [0.15, 0.2) is 0 Å². The van der Waals surface area contributed by atoms with E-state index in [0.717, 1.165) is 37.2 Å². The lowest BCUT2D eigenvalue weighted by Gasteiger charge is -2.23. The largest absolute Gasteiger partial charge is 0.393 e. The number of fused-ring (bicyclic) bond motifs is 1. The molecule has 0 radical (unpaired) electrons. The van der Waals surface area contributed by atoms with Crippen LogP contribution in [0.1, 0.15) is 24.0 Å². The van der Waals surface area contributed by atoms with Gasteiger partial charge in [-0.2, -0.15) is 0 Å². The Morgan fingerprint density at radius 3 is 2.84 bits per heavy atom. The van der Waals surface area contributed by atoms with Crippen molar-refractivity contribution in [3.05, 3.63) is 29.3 Å². The number of hydrogen-bond acceptors (Lipinski definition) is 3. The minimum Gasteiger partial charge on any atom is -0.393 e. The Morgan fingerprint density at radius 2 is 2.16 bits per heavy atom. The normalized spacial score (nSPS) is 29.6. The monoisotopic (exact) mass is 276 g/mol. The molecule has 1 saturated heterocycles. The Hall–Kier alpha value is -1.13. The Morgan fingerprint density at radius 1 is 1.37 bits per heavy atom. The molecule has 1 saturated carbocycles. The van der Waals surface area contributed by atoms with Crippen molar-refractivity contribution in [3.63, 3.8) is 0 Å². The molecule has 1 aromatic rings. The van der Waals surface area contributed by atoms with Crippen molar-refractivity contribution in [2.75, 3.05) is 18.0 Å². The third kappa shape index (κ3) is 2.23. The van der Waals surface area contributed by atoms with E-state index in [4.69, 9.17) is 18.0 Å². The summed E-state index contributed by atoms with van der Waals surface area (Å²) in [5.74, 6) is 1.04. The van der Waals surface area contributed by atoms with Crippen molar-refractivity contribution in [2.24, 2.45) is 17.6 Å². The second-order valence-corrected chi connectivity index (χ2v) is 6.30. The molecule has 19 heavy (non-hydrogen) atoms. The van der Waals surface area contributed by atoms with E-state index in [1.807, 2.05) is 12.1 Å². The van der Waals surface area contributed by atoms with Gasteiger partial charge in [-0.1, -0.05) is 18.3 Å². The second kappa shape index (κ2) is 4.76. The number of aliphatic hydroxyl groups is 1. The topological polar surface area (TPSA) is 49.5 Å². The predicted octanol–water partition coefficient (Wildman–Crippen LogP) is 1.84. The average molecular weight is 276 g/mol. The Balaban J connectivity index is 1.91. The number of anilines is 1. The van der Waals surface area contributed by atoms with Crippen LogP contribution in [0.4, 0.5) is 5.69 Å². The molecule has 102 valence electrons. The highest BCUT2D eigenvalue weighted by Crippen LogP contribution is 2.40. The summed E-state index contributed by atoms with van der Waals surface area (Å²) in [5, 5.41) is 10.0. The minimum atomic E-state index is -0.131. The highest BCUT2D eigenvalue weighted by Gasteiger charge is 2.42. The zero-order valence-electron chi connectivity index (χ0n) is 11.2. The van der Waals surface area contributed by atoms with Crippen LogP contribution in [0.2, 0.25) is 0 Å². The van der Waals surface area contributed by atoms with Gasteiger partial charge in [0.1, 0.15) is 4.99 Å².